The topological polar surface area (TPSA) is 129 Å². The molecule has 0 fully saturated rings. The number of nitrogen functional groups attached to an aromatic ring is 1. The van der Waals surface area contributed by atoms with Crippen LogP contribution in [0.3, 0.4) is 0 Å². The van der Waals surface area contributed by atoms with Crippen molar-refractivity contribution in [2.75, 3.05) is 12.3 Å². The predicted octanol–water partition coefficient (Wildman–Crippen LogP) is 3.20. The molecule has 0 aromatic carbocycles. The highest BCUT2D eigenvalue weighted by molar-refractivity contribution is 9.10. The maximum absolute atomic E-state index is 11.3. The van der Waals surface area contributed by atoms with Gasteiger partial charge in [-0.2, -0.15) is 0 Å². The molecule has 0 amide bonds. The number of halogens is 1. The van der Waals surface area contributed by atoms with Gasteiger partial charge in [0.1, 0.15) is 23.4 Å². The average molecular weight is 447 g/mol. The Bertz CT molecular complexity index is 977. The summed E-state index contributed by atoms with van der Waals surface area (Å²) in [7, 11) is 0. The Kier molecular flexibility index (Phi) is 6.19. The van der Waals surface area contributed by atoms with Crippen LogP contribution >= 0.6 is 15.9 Å². The molecule has 9 nitrogen and oxygen atoms in total. The van der Waals surface area contributed by atoms with Crippen LogP contribution < -0.4 is 10.5 Å². The van der Waals surface area contributed by atoms with Gasteiger partial charge in [0.15, 0.2) is 5.82 Å². The third kappa shape index (κ3) is 4.63. The van der Waals surface area contributed by atoms with Crippen molar-refractivity contribution in [1.82, 2.24) is 24.7 Å². The van der Waals surface area contributed by atoms with E-state index in [9.17, 15) is 9.90 Å². The highest BCUT2D eigenvalue weighted by Crippen LogP contribution is 2.23. The van der Waals surface area contributed by atoms with E-state index in [1.54, 1.807) is 12.4 Å². The first-order chi connectivity index (χ1) is 13.5. The molecule has 0 aliphatic rings. The molecule has 3 heterocycles. The van der Waals surface area contributed by atoms with Crippen LogP contribution in [0.4, 0.5) is 5.82 Å². The summed E-state index contributed by atoms with van der Waals surface area (Å²) in [6.07, 6.45) is 4.63. The largest absolute Gasteiger partial charge is 0.477 e. The van der Waals surface area contributed by atoms with E-state index in [0.29, 0.717) is 34.8 Å². The van der Waals surface area contributed by atoms with Gasteiger partial charge in [-0.15, -0.1) is 10.2 Å². The van der Waals surface area contributed by atoms with Crippen molar-refractivity contribution < 1.29 is 14.6 Å². The minimum atomic E-state index is -1.08. The lowest BCUT2D eigenvalue weighted by atomic mass is 10.2. The van der Waals surface area contributed by atoms with E-state index in [1.807, 2.05) is 23.6 Å². The van der Waals surface area contributed by atoms with Crippen molar-refractivity contribution in [2.45, 2.75) is 25.8 Å². The van der Waals surface area contributed by atoms with Crippen molar-refractivity contribution in [3.63, 3.8) is 0 Å². The first-order valence-electron chi connectivity index (χ1n) is 8.59. The standard InChI is InChI=1S/C18H19BrN6O3/c1-11(25-10-22-24-16(25)14-5-2-6-15(20)23-14)4-3-7-28-17-13(18(26)27)8-12(19)9-21-17/h2,5-6,8-11H,3-4,7H2,1H3,(H2,20,23)(H,26,27). The van der Waals surface area contributed by atoms with Gasteiger partial charge in [-0.3, -0.25) is 0 Å². The Hall–Kier alpha value is -3.01. The molecular weight excluding hydrogens is 428 g/mol. The van der Waals surface area contributed by atoms with E-state index < -0.39 is 5.97 Å². The summed E-state index contributed by atoms with van der Waals surface area (Å²) in [4.78, 5) is 19.6. The Labute approximate surface area is 169 Å². The van der Waals surface area contributed by atoms with Gasteiger partial charge in [0.05, 0.1) is 6.61 Å². The van der Waals surface area contributed by atoms with E-state index in [0.717, 1.165) is 6.42 Å². The van der Waals surface area contributed by atoms with Crippen molar-refractivity contribution in [3.05, 3.63) is 46.8 Å². The maximum Gasteiger partial charge on any atom is 0.341 e. The van der Waals surface area contributed by atoms with Gasteiger partial charge in [0, 0.05) is 16.7 Å². The molecule has 3 aromatic heterocycles. The van der Waals surface area contributed by atoms with Crippen molar-refractivity contribution >= 4 is 27.7 Å². The molecule has 146 valence electrons. The molecule has 0 saturated carbocycles. The number of anilines is 1. The number of hydrogen-bond acceptors (Lipinski definition) is 7. The van der Waals surface area contributed by atoms with Crippen molar-refractivity contribution in [2.24, 2.45) is 0 Å². The molecule has 0 bridgehead atoms. The fourth-order valence-corrected chi connectivity index (χ4v) is 3.04. The highest BCUT2D eigenvalue weighted by atomic mass is 79.9. The summed E-state index contributed by atoms with van der Waals surface area (Å²) in [6.45, 7) is 2.38. The maximum atomic E-state index is 11.3. The second kappa shape index (κ2) is 8.79. The third-order valence-electron chi connectivity index (χ3n) is 4.10. The van der Waals surface area contributed by atoms with Gasteiger partial charge in [0.2, 0.25) is 5.88 Å². The number of carbonyl (C=O) groups is 1. The molecule has 0 aliphatic carbocycles. The van der Waals surface area contributed by atoms with E-state index in [-0.39, 0.29) is 17.5 Å². The predicted molar refractivity (Wildman–Crippen MR) is 106 cm³/mol. The van der Waals surface area contributed by atoms with Crippen molar-refractivity contribution in [1.29, 1.82) is 0 Å². The zero-order valence-electron chi connectivity index (χ0n) is 15.1. The molecule has 3 aromatic rings. The van der Waals surface area contributed by atoms with Crippen LogP contribution in [0.5, 0.6) is 5.88 Å². The van der Waals surface area contributed by atoms with Crippen LogP contribution in [0, 0.1) is 0 Å². The number of nitrogens with zero attached hydrogens (tertiary/aromatic N) is 5. The lowest BCUT2D eigenvalue weighted by molar-refractivity contribution is 0.0691. The molecule has 1 unspecified atom stereocenters. The van der Waals surface area contributed by atoms with Crippen LogP contribution in [0.15, 0.2) is 41.3 Å². The molecule has 3 rings (SSSR count). The Morgan fingerprint density at radius 2 is 2.25 bits per heavy atom. The minimum absolute atomic E-state index is 0.0243. The van der Waals surface area contributed by atoms with E-state index in [2.05, 4.69) is 36.1 Å². The second-order valence-electron chi connectivity index (χ2n) is 6.16. The zero-order valence-corrected chi connectivity index (χ0v) is 16.7. The molecule has 0 aliphatic heterocycles. The second-order valence-corrected chi connectivity index (χ2v) is 7.08. The molecule has 0 spiro atoms. The highest BCUT2D eigenvalue weighted by Gasteiger charge is 2.16. The fourth-order valence-electron chi connectivity index (χ4n) is 2.71. The Morgan fingerprint density at radius 3 is 3.00 bits per heavy atom. The van der Waals surface area contributed by atoms with Gasteiger partial charge in [-0.25, -0.2) is 14.8 Å². The van der Waals surface area contributed by atoms with Gasteiger partial charge in [-0.05, 0) is 53.9 Å². The molecule has 10 heteroatoms. The number of carboxylic acids is 1. The number of hydrogen-bond donors (Lipinski definition) is 2. The summed E-state index contributed by atoms with van der Waals surface area (Å²) in [5.74, 6) is 0.0889. The number of carboxylic acid groups (broad SMARTS) is 1. The van der Waals surface area contributed by atoms with E-state index >= 15 is 0 Å². The SMILES string of the molecule is CC(CCCOc1ncc(Br)cc1C(=O)O)n1cnnc1-c1cccc(N)n1. The lowest BCUT2D eigenvalue weighted by Gasteiger charge is -2.15. The minimum Gasteiger partial charge on any atom is -0.477 e. The summed E-state index contributed by atoms with van der Waals surface area (Å²) in [5, 5.41) is 17.4. The lowest BCUT2D eigenvalue weighted by Crippen LogP contribution is -2.10. The quantitative estimate of drug-likeness (QED) is 0.504. The molecule has 0 radical (unpaired) electrons. The number of nitrogens with two attached hydrogens (primary N) is 1. The van der Waals surface area contributed by atoms with Crippen molar-refractivity contribution in [3.8, 4) is 17.4 Å². The first-order valence-corrected chi connectivity index (χ1v) is 9.39. The van der Waals surface area contributed by atoms with Gasteiger partial charge in [0.25, 0.3) is 0 Å². The number of rotatable bonds is 8. The number of aromatic nitrogens is 5. The zero-order chi connectivity index (χ0) is 20.1. The smallest absolute Gasteiger partial charge is 0.341 e. The molecule has 0 saturated heterocycles. The summed E-state index contributed by atoms with van der Waals surface area (Å²) < 4.78 is 8.09. The molecule has 28 heavy (non-hydrogen) atoms. The first kappa shape index (κ1) is 19.7. The van der Waals surface area contributed by atoms with E-state index in [4.69, 9.17) is 10.5 Å². The fraction of sp³-hybridized carbons (Fsp3) is 0.278. The normalized spacial score (nSPS) is 11.9. The number of ether oxygens (including phenoxy) is 1. The molecule has 1 atom stereocenters. The van der Waals surface area contributed by atoms with Crippen LogP contribution in [-0.2, 0) is 0 Å². The van der Waals surface area contributed by atoms with Gasteiger partial charge < -0.3 is 20.1 Å². The Balaban J connectivity index is 1.60. The van der Waals surface area contributed by atoms with Gasteiger partial charge >= 0.3 is 5.97 Å². The molecule has 3 N–H and O–H groups in total. The summed E-state index contributed by atoms with van der Waals surface area (Å²) in [6, 6.07) is 6.93. The number of aromatic carboxylic acids is 1. The average Bonchev–Trinajstić information content (AvgIpc) is 3.16. The summed E-state index contributed by atoms with van der Waals surface area (Å²) >= 11 is 3.21. The third-order valence-corrected chi connectivity index (χ3v) is 4.53. The van der Waals surface area contributed by atoms with Crippen LogP contribution in [0.25, 0.3) is 11.5 Å². The van der Waals surface area contributed by atoms with Crippen LogP contribution in [0.2, 0.25) is 0 Å². The monoisotopic (exact) mass is 446 g/mol. The number of pyridine rings is 2. The summed E-state index contributed by atoms with van der Waals surface area (Å²) in [5.41, 5.74) is 6.43. The van der Waals surface area contributed by atoms with Gasteiger partial charge in [-0.1, -0.05) is 6.07 Å². The Morgan fingerprint density at radius 1 is 1.43 bits per heavy atom. The molecular formula is C18H19BrN6O3. The van der Waals surface area contributed by atoms with Crippen LogP contribution in [0.1, 0.15) is 36.2 Å². The van der Waals surface area contributed by atoms with E-state index in [1.165, 1.54) is 12.3 Å². The van der Waals surface area contributed by atoms with Crippen LogP contribution in [-0.4, -0.2) is 42.4 Å².